The Hall–Kier alpha value is -3.15. The van der Waals surface area contributed by atoms with Gasteiger partial charge in [-0.1, -0.05) is 18.2 Å². The van der Waals surface area contributed by atoms with Crippen molar-refractivity contribution in [3.8, 4) is 11.1 Å². The van der Waals surface area contributed by atoms with Gasteiger partial charge in [-0.05, 0) is 36.2 Å². The predicted molar refractivity (Wildman–Crippen MR) is 105 cm³/mol. The van der Waals surface area contributed by atoms with Crippen LogP contribution in [0.1, 0.15) is 18.9 Å². The van der Waals surface area contributed by atoms with E-state index in [-0.39, 0.29) is 17.6 Å². The minimum Gasteiger partial charge on any atom is -0.380 e. The molecule has 1 aliphatic heterocycles. The molecule has 27 heavy (non-hydrogen) atoms. The van der Waals surface area contributed by atoms with E-state index >= 15 is 0 Å². The topological polar surface area (TPSA) is 59.0 Å². The number of hydrogen-bond donors (Lipinski definition) is 2. The van der Waals surface area contributed by atoms with Gasteiger partial charge in [-0.3, -0.25) is 9.48 Å². The van der Waals surface area contributed by atoms with Crippen molar-refractivity contribution in [2.45, 2.75) is 25.8 Å². The van der Waals surface area contributed by atoms with E-state index in [0.29, 0.717) is 18.5 Å². The Bertz CT molecular complexity index is 1010. The molecule has 2 heterocycles. The monoisotopic (exact) mass is 364 g/mol. The zero-order chi connectivity index (χ0) is 19.0. The fourth-order valence-electron chi connectivity index (χ4n) is 3.46. The van der Waals surface area contributed by atoms with E-state index in [4.69, 9.17) is 0 Å². The van der Waals surface area contributed by atoms with Crippen LogP contribution in [0.3, 0.4) is 0 Å². The number of carbonyl (C=O) groups excluding carboxylic acids is 1. The molecule has 1 atom stereocenters. The highest BCUT2D eigenvalue weighted by molar-refractivity contribution is 5.88. The number of halogens is 1. The normalized spacial score (nSPS) is 16.4. The summed E-state index contributed by atoms with van der Waals surface area (Å²) in [6.45, 7) is 1.98. The van der Waals surface area contributed by atoms with Crippen LogP contribution in [-0.4, -0.2) is 21.6 Å². The Labute approximate surface area is 157 Å². The minimum atomic E-state index is -0.341. The van der Waals surface area contributed by atoms with Crippen molar-refractivity contribution in [3.05, 3.63) is 60.2 Å². The van der Waals surface area contributed by atoms with Crippen LogP contribution in [0.5, 0.6) is 0 Å². The maximum atomic E-state index is 14.7. The number of benzene rings is 2. The zero-order valence-corrected chi connectivity index (χ0v) is 15.3. The van der Waals surface area contributed by atoms with Gasteiger partial charge in [0, 0.05) is 37.7 Å². The van der Waals surface area contributed by atoms with Gasteiger partial charge in [0.25, 0.3) is 0 Å². The number of aromatic nitrogens is 2. The highest BCUT2D eigenvalue weighted by atomic mass is 19.1. The summed E-state index contributed by atoms with van der Waals surface area (Å²) < 4.78 is 16.4. The Morgan fingerprint density at radius 2 is 2.07 bits per heavy atom. The Balaban J connectivity index is 1.65. The molecule has 1 aliphatic rings. The van der Waals surface area contributed by atoms with Crippen LogP contribution in [0.2, 0.25) is 0 Å². The summed E-state index contributed by atoms with van der Waals surface area (Å²) in [6.07, 6.45) is 4.44. The first-order chi connectivity index (χ1) is 13.0. The molecule has 5 nitrogen and oxygen atoms in total. The number of para-hydroxylation sites is 1. The number of ketones is 1. The number of carbonyl (C=O) groups is 1. The van der Waals surface area contributed by atoms with E-state index < -0.39 is 0 Å². The van der Waals surface area contributed by atoms with Crippen LogP contribution < -0.4 is 10.6 Å². The molecule has 1 aromatic heterocycles. The second-order valence-corrected chi connectivity index (χ2v) is 7.03. The first-order valence-electron chi connectivity index (χ1n) is 8.95. The maximum Gasteiger partial charge on any atom is 0.147 e. The largest absolute Gasteiger partial charge is 0.380 e. The van der Waals surface area contributed by atoms with E-state index in [0.717, 1.165) is 28.1 Å². The van der Waals surface area contributed by atoms with E-state index in [1.807, 2.05) is 44.4 Å². The lowest BCUT2D eigenvalue weighted by atomic mass is 10.0. The molecule has 0 fully saturated rings. The van der Waals surface area contributed by atoms with Crippen LogP contribution in [0.4, 0.5) is 21.5 Å². The summed E-state index contributed by atoms with van der Waals surface area (Å²) in [5, 5.41) is 10.7. The smallest absolute Gasteiger partial charge is 0.147 e. The van der Waals surface area contributed by atoms with Crippen LogP contribution >= 0.6 is 0 Å². The number of fused-ring (bicyclic) bond motifs is 1. The van der Waals surface area contributed by atoms with Gasteiger partial charge in [-0.15, -0.1) is 0 Å². The number of hydrogen-bond acceptors (Lipinski definition) is 4. The van der Waals surface area contributed by atoms with Crippen LogP contribution in [0.25, 0.3) is 11.1 Å². The lowest BCUT2D eigenvalue weighted by Crippen LogP contribution is -2.17. The van der Waals surface area contributed by atoms with E-state index in [1.165, 1.54) is 6.07 Å². The summed E-state index contributed by atoms with van der Waals surface area (Å²) in [6, 6.07) is 10.8. The summed E-state index contributed by atoms with van der Waals surface area (Å²) >= 11 is 0. The third kappa shape index (κ3) is 3.56. The molecule has 2 aromatic carbocycles. The molecule has 138 valence electrons. The predicted octanol–water partition coefficient (Wildman–Crippen LogP) is 4.29. The first kappa shape index (κ1) is 17.3. The number of nitrogens with one attached hydrogen (secondary N) is 2. The minimum absolute atomic E-state index is 0.0412. The molecular weight excluding hydrogens is 343 g/mol. The zero-order valence-electron chi connectivity index (χ0n) is 15.3. The second kappa shape index (κ2) is 6.87. The molecule has 0 amide bonds. The molecule has 4 rings (SSSR count). The van der Waals surface area contributed by atoms with Crippen molar-refractivity contribution in [2.75, 3.05) is 10.6 Å². The van der Waals surface area contributed by atoms with Gasteiger partial charge < -0.3 is 10.6 Å². The van der Waals surface area contributed by atoms with Gasteiger partial charge in [0.15, 0.2) is 0 Å². The molecular formula is C21H21FN4O. The van der Waals surface area contributed by atoms with Crippen LogP contribution in [0.15, 0.2) is 48.8 Å². The Kier molecular flexibility index (Phi) is 4.39. The second-order valence-electron chi connectivity index (χ2n) is 7.03. The molecule has 6 heteroatoms. The fraction of sp³-hybridized carbons (Fsp3) is 0.238. The lowest BCUT2D eigenvalue weighted by Gasteiger charge is -2.18. The number of Topliss-reactive ketones (excluding diaryl/α,β-unsaturated/α-hetero) is 1. The average Bonchev–Trinajstić information content (AvgIpc) is 2.98. The number of rotatable bonds is 3. The summed E-state index contributed by atoms with van der Waals surface area (Å²) in [4.78, 5) is 12.0. The van der Waals surface area contributed by atoms with Crippen molar-refractivity contribution in [2.24, 2.45) is 7.05 Å². The van der Waals surface area contributed by atoms with Crippen molar-refractivity contribution in [1.29, 1.82) is 0 Å². The van der Waals surface area contributed by atoms with Crippen molar-refractivity contribution < 1.29 is 9.18 Å². The lowest BCUT2D eigenvalue weighted by molar-refractivity contribution is -0.118. The van der Waals surface area contributed by atoms with Gasteiger partial charge in [0.1, 0.15) is 11.6 Å². The molecule has 3 aromatic rings. The standard InChI is InChI=1S/C21H21FN4O/c1-13-8-17(27)9-15-4-3-5-20(21(15)24-13)25-19-7-6-14(10-18(19)22)16-11-23-26(2)12-16/h3-7,10-13,24-25H,8-9H2,1-2H3/t13-/m1/s1. The third-order valence-electron chi connectivity index (χ3n) is 4.74. The average molecular weight is 364 g/mol. The van der Waals surface area contributed by atoms with Crippen molar-refractivity contribution >= 4 is 22.8 Å². The quantitative estimate of drug-likeness (QED) is 0.728. The molecule has 2 N–H and O–H groups in total. The van der Waals surface area contributed by atoms with Crippen LogP contribution in [-0.2, 0) is 18.3 Å². The van der Waals surface area contributed by atoms with Gasteiger partial charge in [0.2, 0.25) is 0 Å². The third-order valence-corrected chi connectivity index (χ3v) is 4.74. The molecule has 0 saturated heterocycles. The molecule has 0 aliphatic carbocycles. The first-order valence-corrected chi connectivity index (χ1v) is 8.95. The summed E-state index contributed by atoms with van der Waals surface area (Å²) in [5.41, 5.74) is 4.59. The van der Waals surface area contributed by atoms with Gasteiger partial charge in [0.05, 0.1) is 23.3 Å². The summed E-state index contributed by atoms with van der Waals surface area (Å²) in [5.74, 6) is -0.135. The van der Waals surface area contributed by atoms with Crippen molar-refractivity contribution in [3.63, 3.8) is 0 Å². The molecule has 0 spiro atoms. The molecule has 0 unspecified atom stereocenters. The summed E-state index contributed by atoms with van der Waals surface area (Å²) in [7, 11) is 1.83. The van der Waals surface area contributed by atoms with Gasteiger partial charge in [-0.2, -0.15) is 5.10 Å². The Morgan fingerprint density at radius 1 is 1.22 bits per heavy atom. The Morgan fingerprint density at radius 3 is 2.81 bits per heavy atom. The maximum absolute atomic E-state index is 14.7. The van der Waals surface area contributed by atoms with Gasteiger partial charge >= 0.3 is 0 Å². The molecule has 0 radical (unpaired) electrons. The van der Waals surface area contributed by atoms with E-state index in [2.05, 4.69) is 15.7 Å². The van der Waals surface area contributed by atoms with Crippen molar-refractivity contribution in [1.82, 2.24) is 9.78 Å². The molecule has 0 saturated carbocycles. The van der Waals surface area contributed by atoms with E-state index in [9.17, 15) is 9.18 Å². The fourth-order valence-corrected chi connectivity index (χ4v) is 3.46. The highest BCUT2D eigenvalue weighted by Crippen LogP contribution is 2.34. The molecule has 0 bridgehead atoms. The number of aryl methyl sites for hydroxylation is 1. The number of nitrogens with zero attached hydrogens (tertiary/aromatic N) is 2. The van der Waals surface area contributed by atoms with Gasteiger partial charge in [-0.25, -0.2) is 4.39 Å². The van der Waals surface area contributed by atoms with Crippen LogP contribution in [0, 0.1) is 5.82 Å². The number of anilines is 3. The SMILES string of the molecule is C[C@@H]1CC(=O)Cc2cccc(Nc3ccc(-c4cnn(C)c4)cc3F)c2N1. The highest BCUT2D eigenvalue weighted by Gasteiger charge is 2.20. The van der Waals surface area contributed by atoms with E-state index in [1.54, 1.807) is 16.9 Å².